The van der Waals surface area contributed by atoms with E-state index in [9.17, 15) is 4.79 Å². The largest absolute Gasteiger partial charge is 0.364 e. The molecular weight excluding hydrogens is 326 g/mol. The number of anilines is 1. The monoisotopic (exact) mass is 331 g/mol. The molecule has 2 aromatic heterocycles. The average Bonchev–Trinajstić information content (AvgIpc) is 2.31. The van der Waals surface area contributed by atoms with Gasteiger partial charge in [-0.3, -0.25) is 9.78 Å². The van der Waals surface area contributed by atoms with Crippen molar-refractivity contribution in [2.24, 2.45) is 0 Å². The van der Waals surface area contributed by atoms with E-state index >= 15 is 0 Å². The molecule has 2 rings (SSSR count). The van der Waals surface area contributed by atoms with Crippen molar-refractivity contribution in [1.29, 1.82) is 0 Å². The van der Waals surface area contributed by atoms with E-state index in [-0.39, 0.29) is 10.5 Å². The summed E-state index contributed by atoms with van der Waals surface area (Å²) in [6.45, 7) is 0. The van der Waals surface area contributed by atoms with Crippen LogP contribution in [0.4, 0.5) is 5.69 Å². The number of aromatic nitrogens is 2. The van der Waals surface area contributed by atoms with Crippen LogP contribution in [0.15, 0.2) is 45.0 Å². The molecule has 0 radical (unpaired) electrons. The lowest BCUT2D eigenvalue weighted by Crippen LogP contribution is -2.07. The molecular formula is C10H7BrClN3OS. The summed E-state index contributed by atoms with van der Waals surface area (Å²) in [6, 6.07) is 1.89. The summed E-state index contributed by atoms with van der Waals surface area (Å²) in [6.07, 6.45) is 6.39. The van der Waals surface area contributed by atoms with Gasteiger partial charge in [-0.1, -0.05) is 11.6 Å². The van der Waals surface area contributed by atoms with E-state index < -0.39 is 0 Å². The van der Waals surface area contributed by atoms with Crippen molar-refractivity contribution < 1.29 is 0 Å². The molecule has 0 unspecified atom stereocenters. The average molecular weight is 333 g/mol. The lowest BCUT2D eigenvalue weighted by molar-refractivity contribution is 1.22. The highest BCUT2D eigenvalue weighted by atomic mass is 79.9. The summed E-state index contributed by atoms with van der Waals surface area (Å²) in [7, 11) is 0. The van der Waals surface area contributed by atoms with E-state index in [1.54, 1.807) is 18.6 Å². The Balaban J connectivity index is 2.13. The Bertz CT molecular complexity index is 590. The summed E-state index contributed by atoms with van der Waals surface area (Å²) < 4.78 is 3.80. The predicted molar refractivity (Wildman–Crippen MR) is 73.5 cm³/mol. The van der Waals surface area contributed by atoms with E-state index in [1.165, 1.54) is 18.1 Å². The third-order valence-corrected chi connectivity index (χ3v) is 3.35. The Labute approximate surface area is 115 Å². The van der Waals surface area contributed by atoms with Crippen LogP contribution < -0.4 is 10.2 Å². The molecule has 0 spiro atoms. The van der Waals surface area contributed by atoms with Crippen molar-refractivity contribution in [3.63, 3.8) is 0 Å². The Kier molecular flexibility index (Phi) is 4.09. The van der Waals surface area contributed by atoms with Crippen LogP contribution in [0.3, 0.4) is 0 Å². The molecule has 0 aliphatic carbocycles. The third-order valence-electron chi connectivity index (χ3n) is 1.86. The van der Waals surface area contributed by atoms with Gasteiger partial charge in [0.25, 0.3) is 0 Å². The van der Waals surface area contributed by atoms with Crippen LogP contribution in [0.2, 0.25) is 5.02 Å². The number of nitrogens with one attached hydrogen (secondary N) is 2. The van der Waals surface area contributed by atoms with Crippen LogP contribution in [0.5, 0.6) is 0 Å². The maximum absolute atomic E-state index is 11.6. The first-order valence-electron chi connectivity index (χ1n) is 4.57. The second-order valence-corrected chi connectivity index (χ2v) is 5.29. The first kappa shape index (κ1) is 12.5. The fraction of sp³-hybridized carbons (Fsp3) is 0. The van der Waals surface area contributed by atoms with E-state index in [2.05, 4.69) is 30.6 Å². The molecule has 17 heavy (non-hydrogen) atoms. The molecule has 0 bridgehead atoms. The number of aromatic amines is 1. The van der Waals surface area contributed by atoms with Gasteiger partial charge in [-0.05, 0) is 33.9 Å². The normalized spacial score (nSPS) is 10.2. The van der Waals surface area contributed by atoms with Gasteiger partial charge in [0, 0.05) is 34.2 Å². The molecule has 0 amide bonds. The van der Waals surface area contributed by atoms with Crippen LogP contribution in [-0.2, 0) is 0 Å². The van der Waals surface area contributed by atoms with Crippen LogP contribution in [-0.4, -0.2) is 9.97 Å². The molecule has 4 nitrogen and oxygen atoms in total. The van der Waals surface area contributed by atoms with Gasteiger partial charge in [0.1, 0.15) is 10.7 Å². The summed E-state index contributed by atoms with van der Waals surface area (Å²) in [5.41, 5.74) is 0.170. The van der Waals surface area contributed by atoms with Gasteiger partial charge in [-0.25, -0.2) is 0 Å². The number of hydrogen-bond donors (Lipinski definition) is 2. The van der Waals surface area contributed by atoms with Gasteiger partial charge in [0.05, 0.1) is 0 Å². The van der Waals surface area contributed by atoms with Crippen molar-refractivity contribution in [3.05, 3.63) is 50.6 Å². The van der Waals surface area contributed by atoms with E-state index in [1.807, 2.05) is 6.07 Å². The minimum atomic E-state index is -0.235. The number of halogens is 2. The molecule has 0 aromatic carbocycles. The van der Waals surface area contributed by atoms with E-state index in [0.717, 1.165) is 9.37 Å². The van der Waals surface area contributed by atoms with Crippen LogP contribution in [0.25, 0.3) is 0 Å². The van der Waals surface area contributed by atoms with Crippen LogP contribution >= 0.6 is 39.5 Å². The molecule has 0 aliphatic rings. The van der Waals surface area contributed by atoms with Gasteiger partial charge in [0.2, 0.25) is 5.43 Å². The quantitative estimate of drug-likeness (QED) is 0.847. The molecule has 7 heteroatoms. The van der Waals surface area contributed by atoms with Gasteiger partial charge in [-0.15, -0.1) is 0 Å². The second kappa shape index (κ2) is 5.57. The molecule has 0 fully saturated rings. The van der Waals surface area contributed by atoms with Gasteiger partial charge < -0.3 is 9.71 Å². The van der Waals surface area contributed by atoms with Crippen molar-refractivity contribution >= 4 is 45.2 Å². The number of H-pyrrole nitrogens is 1. The lowest BCUT2D eigenvalue weighted by Gasteiger charge is -2.04. The van der Waals surface area contributed by atoms with Gasteiger partial charge in [-0.2, -0.15) is 0 Å². The van der Waals surface area contributed by atoms with Crippen LogP contribution in [0.1, 0.15) is 0 Å². The highest BCUT2D eigenvalue weighted by molar-refractivity contribution is 9.10. The minimum absolute atomic E-state index is 0.156. The summed E-state index contributed by atoms with van der Waals surface area (Å²) >= 11 is 10.3. The molecule has 0 saturated heterocycles. The first-order chi connectivity index (χ1) is 8.16. The Morgan fingerprint density at radius 2 is 2.24 bits per heavy atom. The third kappa shape index (κ3) is 3.24. The summed E-state index contributed by atoms with van der Waals surface area (Å²) in [5, 5.41) is 0.156. The first-order valence-corrected chi connectivity index (χ1v) is 6.55. The summed E-state index contributed by atoms with van der Waals surface area (Å²) in [5.74, 6) is 0. The molecule has 2 N–H and O–H groups in total. The van der Waals surface area contributed by atoms with Crippen molar-refractivity contribution in [2.75, 3.05) is 4.72 Å². The molecule has 0 aliphatic heterocycles. The van der Waals surface area contributed by atoms with Gasteiger partial charge in [0.15, 0.2) is 0 Å². The van der Waals surface area contributed by atoms with Crippen molar-refractivity contribution in [1.82, 2.24) is 9.97 Å². The van der Waals surface area contributed by atoms with Crippen molar-refractivity contribution in [2.45, 2.75) is 4.90 Å². The zero-order valence-corrected chi connectivity index (χ0v) is 11.6. The minimum Gasteiger partial charge on any atom is -0.364 e. The Morgan fingerprint density at radius 1 is 1.41 bits per heavy atom. The zero-order valence-electron chi connectivity index (χ0n) is 8.41. The highest BCUT2D eigenvalue weighted by Crippen LogP contribution is 2.21. The predicted octanol–water partition coefficient (Wildman–Crippen LogP) is 3.31. The maximum atomic E-state index is 11.6. The fourth-order valence-corrected chi connectivity index (χ4v) is 2.46. The summed E-state index contributed by atoms with van der Waals surface area (Å²) in [4.78, 5) is 19.3. The fourth-order valence-electron chi connectivity index (χ4n) is 1.10. The number of nitrogens with zero attached hydrogens (tertiary/aromatic N) is 1. The van der Waals surface area contributed by atoms with E-state index in [4.69, 9.17) is 11.6 Å². The SMILES string of the molecule is O=c1c(Cl)c[nH]cc1NSc1cncc(Br)c1. The molecule has 0 saturated carbocycles. The lowest BCUT2D eigenvalue weighted by atomic mass is 10.4. The van der Waals surface area contributed by atoms with Gasteiger partial charge >= 0.3 is 0 Å². The van der Waals surface area contributed by atoms with E-state index in [0.29, 0.717) is 5.69 Å². The highest BCUT2D eigenvalue weighted by Gasteiger charge is 2.03. The number of hydrogen-bond acceptors (Lipinski definition) is 4. The number of pyridine rings is 2. The van der Waals surface area contributed by atoms with Crippen molar-refractivity contribution in [3.8, 4) is 0 Å². The topological polar surface area (TPSA) is 57.8 Å². The molecule has 0 atom stereocenters. The van der Waals surface area contributed by atoms with Crippen LogP contribution in [0, 0.1) is 0 Å². The smallest absolute Gasteiger partial charge is 0.223 e. The molecule has 2 heterocycles. The second-order valence-electron chi connectivity index (χ2n) is 3.09. The Hall–Kier alpha value is -0.980. The Morgan fingerprint density at radius 3 is 3.00 bits per heavy atom. The number of rotatable bonds is 3. The zero-order chi connectivity index (χ0) is 12.3. The maximum Gasteiger partial charge on any atom is 0.223 e. The molecule has 2 aromatic rings. The standard InChI is InChI=1S/C10H7BrClN3OS/c11-6-1-7(3-13-2-6)17-15-9-5-14-4-8(12)10(9)16/h1-5,15H,(H,14,16). The molecule has 88 valence electrons.